The normalized spacial score (nSPS) is 13.1. The Morgan fingerprint density at radius 1 is 0.824 bits per heavy atom. The highest BCUT2D eigenvalue weighted by molar-refractivity contribution is 6.04. The van der Waals surface area contributed by atoms with Crippen molar-refractivity contribution in [2.45, 2.75) is 19.3 Å². The summed E-state index contributed by atoms with van der Waals surface area (Å²) >= 11 is 0. The van der Waals surface area contributed by atoms with Gasteiger partial charge in [-0.05, 0) is 79.9 Å². The van der Waals surface area contributed by atoms with Gasteiger partial charge >= 0.3 is 0 Å². The van der Waals surface area contributed by atoms with E-state index in [1.54, 1.807) is 55.6 Å². The quantitative estimate of drug-likeness (QED) is 0.498. The molecule has 1 fully saturated rings. The maximum atomic E-state index is 12.6. The Bertz CT molecular complexity index is 1110. The zero-order chi connectivity index (χ0) is 23.8. The molecule has 3 aromatic rings. The van der Waals surface area contributed by atoms with Crippen molar-refractivity contribution in [1.29, 1.82) is 0 Å². The number of rotatable bonds is 8. The van der Waals surface area contributed by atoms with Crippen LogP contribution in [0.3, 0.4) is 0 Å². The molecule has 2 amide bonds. The zero-order valence-corrected chi connectivity index (χ0v) is 19.3. The van der Waals surface area contributed by atoms with E-state index in [1.807, 2.05) is 12.1 Å². The van der Waals surface area contributed by atoms with E-state index in [9.17, 15) is 9.59 Å². The van der Waals surface area contributed by atoms with E-state index in [0.717, 1.165) is 18.8 Å². The van der Waals surface area contributed by atoms with Crippen LogP contribution in [0.15, 0.2) is 72.8 Å². The number of amides is 2. The molecule has 0 aliphatic carbocycles. The van der Waals surface area contributed by atoms with E-state index >= 15 is 0 Å². The Morgan fingerprint density at radius 2 is 1.56 bits per heavy atom. The standard InChI is InChI=1S/C27H29N3O4/c1-33-25-7-5-6-22(18-25)28-26(31)19-34-24-14-8-20(9-15-24)27(32)29-21-10-12-23(13-11-21)30-16-3-2-4-17-30/h5-15,18H,2-4,16-17,19H2,1H3,(H,28,31)(H,29,32). The highest BCUT2D eigenvalue weighted by atomic mass is 16.5. The summed E-state index contributed by atoms with van der Waals surface area (Å²) in [5, 5.41) is 5.68. The molecule has 1 aliphatic rings. The molecule has 1 aliphatic heterocycles. The van der Waals surface area contributed by atoms with Crippen LogP contribution in [0.2, 0.25) is 0 Å². The van der Waals surface area contributed by atoms with Crippen LogP contribution in [0.5, 0.6) is 11.5 Å². The number of piperidine rings is 1. The summed E-state index contributed by atoms with van der Waals surface area (Å²) in [6, 6.07) is 21.8. The van der Waals surface area contributed by atoms with Crippen molar-refractivity contribution < 1.29 is 19.1 Å². The van der Waals surface area contributed by atoms with Crippen LogP contribution in [-0.2, 0) is 4.79 Å². The predicted molar refractivity (Wildman–Crippen MR) is 134 cm³/mol. The van der Waals surface area contributed by atoms with Crippen molar-refractivity contribution in [2.75, 3.05) is 42.3 Å². The van der Waals surface area contributed by atoms with Gasteiger partial charge in [-0.15, -0.1) is 0 Å². The fraction of sp³-hybridized carbons (Fsp3) is 0.259. The molecule has 3 aromatic carbocycles. The van der Waals surface area contributed by atoms with E-state index in [4.69, 9.17) is 9.47 Å². The summed E-state index contributed by atoms with van der Waals surface area (Å²) in [7, 11) is 1.57. The van der Waals surface area contributed by atoms with Crippen molar-refractivity contribution in [3.63, 3.8) is 0 Å². The summed E-state index contributed by atoms with van der Waals surface area (Å²) < 4.78 is 10.7. The van der Waals surface area contributed by atoms with E-state index < -0.39 is 0 Å². The maximum absolute atomic E-state index is 12.6. The Labute approximate surface area is 199 Å². The second kappa shape index (κ2) is 11.2. The van der Waals surface area contributed by atoms with Gasteiger partial charge in [-0.3, -0.25) is 9.59 Å². The molecule has 0 unspecified atom stereocenters. The first-order valence-corrected chi connectivity index (χ1v) is 11.4. The molecule has 0 spiro atoms. The summed E-state index contributed by atoms with van der Waals surface area (Å²) in [5.74, 6) is 0.671. The van der Waals surface area contributed by atoms with Crippen LogP contribution in [0.1, 0.15) is 29.6 Å². The molecule has 176 valence electrons. The third kappa shape index (κ3) is 6.28. The molecule has 1 saturated heterocycles. The van der Waals surface area contributed by atoms with Crippen LogP contribution in [0, 0.1) is 0 Å². The minimum absolute atomic E-state index is 0.147. The van der Waals surface area contributed by atoms with Crippen molar-refractivity contribution in [2.24, 2.45) is 0 Å². The second-order valence-corrected chi connectivity index (χ2v) is 8.14. The molecular weight excluding hydrogens is 430 g/mol. The topological polar surface area (TPSA) is 79.9 Å². The largest absolute Gasteiger partial charge is 0.497 e. The Hall–Kier alpha value is -4.00. The number of carbonyl (C=O) groups is 2. The lowest BCUT2D eigenvalue weighted by Crippen LogP contribution is -2.29. The van der Waals surface area contributed by atoms with Crippen molar-refractivity contribution in [3.8, 4) is 11.5 Å². The molecule has 4 rings (SSSR count). The monoisotopic (exact) mass is 459 g/mol. The smallest absolute Gasteiger partial charge is 0.262 e. The number of ether oxygens (including phenoxy) is 2. The maximum Gasteiger partial charge on any atom is 0.262 e. The van der Waals surface area contributed by atoms with E-state index in [-0.39, 0.29) is 18.4 Å². The lowest BCUT2D eigenvalue weighted by atomic mass is 10.1. The van der Waals surface area contributed by atoms with Crippen molar-refractivity contribution in [1.82, 2.24) is 0 Å². The SMILES string of the molecule is COc1cccc(NC(=O)COc2ccc(C(=O)Nc3ccc(N4CCCCC4)cc3)cc2)c1. The molecule has 2 N–H and O–H groups in total. The first-order valence-electron chi connectivity index (χ1n) is 11.4. The predicted octanol–water partition coefficient (Wildman–Crippen LogP) is 4.96. The lowest BCUT2D eigenvalue weighted by Gasteiger charge is -2.28. The number of hydrogen-bond acceptors (Lipinski definition) is 5. The number of nitrogens with zero attached hydrogens (tertiary/aromatic N) is 1. The van der Waals surface area contributed by atoms with Gasteiger partial charge in [0.1, 0.15) is 11.5 Å². The summed E-state index contributed by atoms with van der Waals surface area (Å²) in [6.45, 7) is 2.03. The van der Waals surface area contributed by atoms with Crippen LogP contribution in [0.25, 0.3) is 0 Å². The van der Waals surface area contributed by atoms with Gasteiger partial charge in [0.25, 0.3) is 11.8 Å². The van der Waals surface area contributed by atoms with Gasteiger partial charge < -0.3 is 25.0 Å². The molecular formula is C27H29N3O4. The molecule has 34 heavy (non-hydrogen) atoms. The van der Waals surface area contributed by atoms with Gasteiger partial charge in [-0.1, -0.05) is 6.07 Å². The number of carbonyl (C=O) groups excluding carboxylic acids is 2. The molecule has 0 atom stereocenters. The van der Waals surface area contributed by atoms with Crippen LogP contribution in [0.4, 0.5) is 17.1 Å². The first kappa shape index (κ1) is 23.2. The van der Waals surface area contributed by atoms with Gasteiger partial charge in [0.15, 0.2) is 6.61 Å². The van der Waals surface area contributed by atoms with Gasteiger partial charge in [-0.2, -0.15) is 0 Å². The van der Waals surface area contributed by atoms with Gasteiger partial charge in [0.05, 0.1) is 7.11 Å². The molecule has 0 bridgehead atoms. The summed E-state index contributed by atoms with van der Waals surface area (Å²) in [6.07, 6.45) is 3.75. The number of hydrogen-bond donors (Lipinski definition) is 2. The number of anilines is 3. The first-order chi connectivity index (χ1) is 16.6. The van der Waals surface area contributed by atoms with Gasteiger partial charge in [0.2, 0.25) is 0 Å². The van der Waals surface area contributed by atoms with E-state index in [0.29, 0.717) is 22.7 Å². The fourth-order valence-electron chi connectivity index (χ4n) is 3.86. The lowest BCUT2D eigenvalue weighted by molar-refractivity contribution is -0.118. The summed E-state index contributed by atoms with van der Waals surface area (Å²) in [4.78, 5) is 27.1. The number of benzene rings is 3. The van der Waals surface area contributed by atoms with E-state index in [1.165, 1.54) is 24.9 Å². The molecule has 0 saturated carbocycles. The average molecular weight is 460 g/mol. The molecule has 1 heterocycles. The highest BCUT2D eigenvalue weighted by Crippen LogP contribution is 2.22. The van der Waals surface area contributed by atoms with Gasteiger partial charge in [0, 0.05) is 41.8 Å². The Kier molecular flexibility index (Phi) is 7.65. The molecule has 0 radical (unpaired) electrons. The zero-order valence-electron chi connectivity index (χ0n) is 19.3. The van der Waals surface area contributed by atoms with Gasteiger partial charge in [-0.25, -0.2) is 0 Å². The molecule has 7 nitrogen and oxygen atoms in total. The van der Waals surface area contributed by atoms with Crippen molar-refractivity contribution >= 4 is 28.9 Å². The summed E-state index contributed by atoms with van der Waals surface area (Å²) in [5.41, 5.74) is 3.08. The third-order valence-electron chi connectivity index (χ3n) is 5.69. The Morgan fingerprint density at radius 3 is 2.26 bits per heavy atom. The molecule has 7 heteroatoms. The molecule has 0 aromatic heterocycles. The minimum atomic E-state index is -0.289. The van der Waals surface area contributed by atoms with Crippen LogP contribution in [-0.4, -0.2) is 38.6 Å². The highest BCUT2D eigenvalue weighted by Gasteiger charge is 2.12. The average Bonchev–Trinajstić information content (AvgIpc) is 2.89. The second-order valence-electron chi connectivity index (χ2n) is 8.14. The fourth-order valence-corrected chi connectivity index (χ4v) is 3.86. The minimum Gasteiger partial charge on any atom is -0.497 e. The van der Waals surface area contributed by atoms with Crippen LogP contribution < -0.4 is 25.0 Å². The van der Waals surface area contributed by atoms with E-state index in [2.05, 4.69) is 27.7 Å². The van der Waals surface area contributed by atoms with Crippen LogP contribution >= 0.6 is 0 Å². The number of methoxy groups -OCH3 is 1. The van der Waals surface area contributed by atoms with Crippen molar-refractivity contribution in [3.05, 3.63) is 78.4 Å². The Balaban J connectivity index is 1.26. The number of nitrogens with one attached hydrogen (secondary N) is 2. The third-order valence-corrected chi connectivity index (χ3v) is 5.69.